The molecule has 0 saturated carbocycles. The molecule has 0 atom stereocenters. The zero-order chi connectivity index (χ0) is 14.2. The van der Waals surface area contributed by atoms with E-state index in [0.29, 0.717) is 13.2 Å². The van der Waals surface area contributed by atoms with Gasteiger partial charge in [0.2, 0.25) is 0 Å². The van der Waals surface area contributed by atoms with Gasteiger partial charge < -0.3 is 9.47 Å². The molecule has 0 unspecified atom stereocenters. The highest BCUT2D eigenvalue weighted by Gasteiger charge is 2.06. The van der Waals surface area contributed by atoms with E-state index in [-0.39, 0.29) is 0 Å². The number of hydrogen-bond donors (Lipinski definition) is 0. The van der Waals surface area contributed by atoms with E-state index in [1.54, 1.807) is 0 Å². The van der Waals surface area contributed by atoms with Gasteiger partial charge in [-0.25, -0.2) is 0 Å². The van der Waals surface area contributed by atoms with Crippen molar-refractivity contribution in [1.82, 2.24) is 0 Å². The van der Waals surface area contributed by atoms with E-state index in [2.05, 4.69) is 12.1 Å². The molecule has 0 aromatic heterocycles. The first-order valence-corrected chi connectivity index (χ1v) is 6.89. The molecule has 0 bridgehead atoms. The summed E-state index contributed by atoms with van der Waals surface area (Å²) in [6.07, 6.45) is 4.06. The van der Waals surface area contributed by atoms with Crippen LogP contribution in [0.5, 0.6) is 11.5 Å². The van der Waals surface area contributed by atoms with Crippen molar-refractivity contribution >= 4 is 6.08 Å². The first kappa shape index (κ1) is 14.2. The van der Waals surface area contributed by atoms with E-state index in [1.165, 1.54) is 0 Å². The van der Waals surface area contributed by atoms with E-state index in [9.17, 15) is 0 Å². The van der Waals surface area contributed by atoms with E-state index in [4.69, 9.17) is 9.47 Å². The third-order valence-corrected chi connectivity index (χ3v) is 2.86. The van der Waals surface area contributed by atoms with E-state index >= 15 is 0 Å². The predicted octanol–water partition coefficient (Wildman–Crippen LogP) is 4.70. The summed E-state index contributed by atoms with van der Waals surface area (Å²) >= 11 is 0. The Morgan fingerprint density at radius 2 is 1.75 bits per heavy atom. The summed E-state index contributed by atoms with van der Waals surface area (Å²) in [5, 5.41) is 0. The van der Waals surface area contributed by atoms with Gasteiger partial charge >= 0.3 is 0 Å². The number of allylic oxidation sites excluding steroid dienone is 1. The van der Waals surface area contributed by atoms with Crippen LogP contribution in [0.2, 0.25) is 0 Å². The summed E-state index contributed by atoms with van der Waals surface area (Å²) in [5.74, 6) is 1.57. The van der Waals surface area contributed by atoms with Crippen molar-refractivity contribution in [2.45, 2.75) is 20.5 Å². The Balaban J connectivity index is 2.16. The van der Waals surface area contributed by atoms with Gasteiger partial charge in [0, 0.05) is 0 Å². The van der Waals surface area contributed by atoms with Crippen LogP contribution in [0.4, 0.5) is 0 Å². The lowest BCUT2D eigenvalue weighted by Crippen LogP contribution is -1.99. The Bertz CT molecular complexity index is 559. The molecule has 2 nitrogen and oxygen atoms in total. The second-order valence-corrected chi connectivity index (χ2v) is 4.41. The monoisotopic (exact) mass is 268 g/mol. The predicted molar refractivity (Wildman–Crippen MR) is 83.1 cm³/mol. The van der Waals surface area contributed by atoms with Crippen LogP contribution in [0.1, 0.15) is 25.0 Å². The molecule has 0 N–H and O–H groups in total. The summed E-state index contributed by atoms with van der Waals surface area (Å²) in [7, 11) is 0. The smallest absolute Gasteiger partial charge is 0.162 e. The molecule has 0 fully saturated rings. The summed E-state index contributed by atoms with van der Waals surface area (Å²) in [6.45, 7) is 5.15. The molecule has 0 aliphatic rings. The highest BCUT2D eigenvalue weighted by Crippen LogP contribution is 2.29. The molecule has 2 aromatic carbocycles. The lowest BCUT2D eigenvalue weighted by atomic mass is 10.2. The van der Waals surface area contributed by atoms with Gasteiger partial charge in [-0.2, -0.15) is 0 Å². The van der Waals surface area contributed by atoms with Crippen LogP contribution in [0.3, 0.4) is 0 Å². The molecule has 0 amide bonds. The fourth-order valence-electron chi connectivity index (χ4n) is 1.94. The average Bonchev–Trinajstić information content (AvgIpc) is 2.49. The van der Waals surface area contributed by atoms with Crippen molar-refractivity contribution in [3.05, 3.63) is 65.7 Å². The van der Waals surface area contributed by atoms with Crippen molar-refractivity contribution in [2.24, 2.45) is 0 Å². The molecular weight excluding hydrogens is 248 g/mol. The lowest BCUT2D eigenvalue weighted by Gasteiger charge is -2.12. The molecule has 20 heavy (non-hydrogen) atoms. The summed E-state index contributed by atoms with van der Waals surface area (Å²) in [5.41, 5.74) is 2.25. The standard InChI is InChI=1S/C18H20O2/c1-3-8-15-11-12-17(19-4-2)18(13-15)20-14-16-9-6-5-7-10-16/h3,5-13H,4,14H2,1-2H3/b8-3+. The highest BCUT2D eigenvalue weighted by molar-refractivity contribution is 5.55. The number of rotatable bonds is 6. The van der Waals surface area contributed by atoms with Gasteiger partial charge in [0.05, 0.1) is 6.61 Å². The van der Waals surface area contributed by atoms with Crippen LogP contribution >= 0.6 is 0 Å². The Morgan fingerprint density at radius 1 is 0.950 bits per heavy atom. The zero-order valence-electron chi connectivity index (χ0n) is 12.0. The minimum atomic E-state index is 0.542. The van der Waals surface area contributed by atoms with Gasteiger partial charge in [0.25, 0.3) is 0 Å². The van der Waals surface area contributed by atoms with Crippen LogP contribution in [-0.2, 0) is 6.61 Å². The van der Waals surface area contributed by atoms with Crippen molar-refractivity contribution in [1.29, 1.82) is 0 Å². The molecule has 0 aliphatic heterocycles. The quantitative estimate of drug-likeness (QED) is 0.756. The summed E-state index contributed by atoms with van der Waals surface area (Å²) in [4.78, 5) is 0. The van der Waals surface area contributed by atoms with Crippen molar-refractivity contribution in [3.63, 3.8) is 0 Å². The van der Waals surface area contributed by atoms with Gasteiger partial charge in [-0.15, -0.1) is 0 Å². The molecule has 2 rings (SSSR count). The Morgan fingerprint density at radius 3 is 2.45 bits per heavy atom. The average molecular weight is 268 g/mol. The molecule has 104 valence electrons. The molecule has 0 spiro atoms. The second kappa shape index (κ2) is 7.39. The van der Waals surface area contributed by atoms with E-state index in [1.807, 2.05) is 62.4 Å². The van der Waals surface area contributed by atoms with Crippen molar-refractivity contribution < 1.29 is 9.47 Å². The molecule has 0 saturated heterocycles. The van der Waals surface area contributed by atoms with Crippen LogP contribution in [-0.4, -0.2) is 6.61 Å². The third-order valence-electron chi connectivity index (χ3n) is 2.86. The van der Waals surface area contributed by atoms with Gasteiger partial charge in [-0.3, -0.25) is 0 Å². The fraction of sp³-hybridized carbons (Fsp3) is 0.222. The van der Waals surface area contributed by atoms with Crippen LogP contribution < -0.4 is 9.47 Å². The van der Waals surface area contributed by atoms with Crippen LogP contribution in [0, 0.1) is 0 Å². The third kappa shape index (κ3) is 3.89. The topological polar surface area (TPSA) is 18.5 Å². The largest absolute Gasteiger partial charge is 0.490 e. The summed E-state index contributed by atoms with van der Waals surface area (Å²) < 4.78 is 11.5. The van der Waals surface area contributed by atoms with Gasteiger partial charge in [0.1, 0.15) is 6.61 Å². The summed E-state index contributed by atoms with van der Waals surface area (Å²) in [6, 6.07) is 16.1. The fourth-order valence-corrected chi connectivity index (χ4v) is 1.94. The molecule has 0 radical (unpaired) electrons. The van der Waals surface area contributed by atoms with E-state index in [0.717, 1.165) is 22.6 Å². The highest BCUT2D eigenvalue weighted by atomic mass is 16.5. The lowest BCUT2D eigenvalue weighted by molar-refractivity contribution is 0.269. The molecule has 2 heteroatoms. The molecule has 0 aliphatic carbocycles. The van der Waals surface area contributed by atoms with E-state index < -0.39 is 0 Å². The van der Waals surface area contributed by atoms with Gasteiger partial charge in [0.15, 0.2) is 11.5 Å². The molecule has 2 aromatic rings. The van der Waals surface area contributed by atoms with Gasteiger partial charge in [-0.05, 0) is 37.1 Å². The van der Waals surface area contributed by atoms with Crippen LogP contribution in [0.25, 0.3) is 6.08 Å². The Hall–Kier alpha value is -2.22. The maximum absolute atomic E-state index is 5.90. The Kier molecular flexibility index (Phi) is 5.24. The molecular formula is C18H20O2. The zero-order valence-corrected chi connectivity index (χ0v) is 12.0. The van der Waals surface area contributed by atoms with Crippen molar-refractivity contribution in [2.75, 3.05) is 6.61 Å². The number of ether oxygens (including phenoxy) is 2. The van der Waals surface area contributed by atoms with Gasteiger partial charge in [-0.1, -0.05) is 48.6 Å². The molecule has 0 heterocycles. The van der Waals surface area contributed by atoms with Crippen molar-refractivity contribution in [3.8, 4) is 11.5 Å². The number of benzene rings is 2. The number of hydrogen-bond acceptors (Lipinski definition) is 2. The minimum absolute atomic E-state index is 0.542. The maximum Gasteiger partial charge on any atom is 0.162 e. The first-order valence-electron chi connectivity index (χ1n) is 6.89. The Labute approximate surface area is 120 Å². The normalized spacial score (nSPS) is 10.7. The SMILES string of the molecule is C/C=C/c1ccc(OCC)c(OCc2ccccc2)c1. The second-order valence-electron chi connectivity index (χ2n) is 4.41. The van der Waals surface area contributed by atoms with Crippen LogP contribution in [0.15, 0.2) is 54.6 Å². The first-order chi connectivity index (χ1) is 9.83. The maximum atomic E-state index is 5.90. The minimum Gasteiger partial charge on any atom is -0.490 e.